The lowest BCUT2D eigenvalue weighted by molar-refractivity contribution is -0.122. The van der Waals surface area contributed by atoms with Crippen molar-refractivity contribution < 1.29 is 4.79 Å². The van der Waals surface area contributed by atoms with Gasteiger partial charge < -0.3 is 5.32 Å². The normalized spacial score (nSPS) is 21.0. The molecule has 6 heteroatoms. The second-order valence-electron chi connectivity index (χ2n) is 7.62. The maximum atomic E-state index is 12.4. The fraction of sp³-hybridized carbons (Fsp3) is 0.524. The van der Waals surface area contributed by atoms with Crippen LogP contribution in [0.4, 0.5) is 0 Å². The number of carbonyl (C=O) groups excluding carboxylic acids is 1. The number of piperazine rings is 1. The summed E-state index contributed by atoms with van der Waals surface area (Å²) in [5.74, 6) is 0.625. The molecular weight excluding hydrogens is 356 g/mol. The molecule has 1 fully saturated rings. The van der Waals surface area contributed by atoms with Gasteiger partial charge in [0.25, 0.3) is 0 Å². The molecule has 2 aromatic rings. The molecule has 0 saturated carbocycles. The van der Waals surface area contributed by atoms with E-state index in [0.717, 1.165) is 45.0 Å². The third-order valence-corrected chi connectivity index (χ3v) is 6.38. The van der Waals surface area contributed by atoms with Gasteiger partial charge >= 0.3 is 0 Å². The highest BCUT2D eigenvalue weighted by molar-refractivity contribution is 7.07. The number of aromatic nitrogens is 1. The summed E-state index contributed by atoms with van der Waals surface area (Å²) >= 11 is 1.65. The zero-order valence-corrected chi connectivity index (χ0v) is 16.6. The third-order valence-electron chi connectivity index (χ3n) is 5.74. The van der Waals surface area contributed by atoms with Crippen LogP contribution in [-0.2, 0) is 17.8 Å². The predicted octanol–water partition coefficient (Wildman–Crippen LogP) is 2.50. The molecule has 27 heavy (non-hydrogen) atoms. The molecule has 1 saturated heterocycles. The smallest absolute Gasteiger partial charge is 0.234 e. The molecule has 1 aliphatic carbocycles. The second-order valence-corrected chi connectivity index (χ2v) is 8.34. The minimum Gasteiger partial charge on any atom is -0.354 e. The Labute approximate surface area is 165 Å². The van der Waals surface area contributed by atoms with E-state index in [-0.39, 0.29) is 5.91 Å². The fourth-order valence-corrected chi connectivity index (χ4v) is 4.76. The van der Waals surface area contributed by atoms with Gasteiger partial charge in [0, 0.05) is 50.6 Å². The number of nitrogens with zero attached hydrogens (tertiary/aromatic N) is 3. The van der Waals surface area contributed by atoms with Crippen LogP contribution in [-0.4, -0.2) is 60.0 Å². The number of carbonyl (C=O) groups is 1. The zero-order valence-electron chi connectivity index (χ0n) is 15.8. The van der Waals surface area contributed by atoms with Gasteiger partial charge in [-0.3, -0.25) is 14.6 Å². The molecule has 4 rings (SSSR count). The summed E-state index contributed by atoms with van der Waals surface area (Å²) in [6.45, 7) is 6.10. The highest BCUT2D eigenvalue weighted by Gasteiger charge is 2.22. The van der Waals surface area contributed by atoms with Crippen molar-refractivity contribution in [1.82, 2.24) is 20.1 Å². The third kappa shape index (κ3) is 4.94. The first-order valence-corrected chi connectivity index (χ1v) is 10.9. The van der Waals surface area contributed by atoms with Gasteiger partial charge in [-0.2, -0.15) is 0 Å². The summed E-state index contributed by atoms with van der Waals surface area (Å²) in [4.78, 5) is 21.5. The van der Waals surface area contributed by atoms with E-state index in [9.17, 15) is 4.79 Å². The van der Waals surface area contributed by atoms with Gasteiger partial charge in [-0.25, -0.2) is 4.98 Å². The molecular formula is C21H28N4OS. The molecule has 0 radical (unpaired) electrons. The highest BCUT2D eigenvalue weighted by atomic mass is 32.1. The summed E-state index contributed by atoms with van der Waals surface area (Å²) in [5.41, 5.74) is 5.93. The standard InChI is InChI=1S/C21H28N4OS/c26-21(22-12-18-6-3-5-17-4-1-2-7-20(17)18)14-25-10-8-24(9-11-25)13-19-15-27-16-23-19/h1-2,4,7,15-16,18H,3,5-6,8-14H2,(H,22,26)/t18-/m1/s1. The number of fused-ring (bicyclic) bond motifs is 1. The van der Waals surface area contributed by atoms with E-state index in [4.69, 9.17) is 0 Å². The van der Waals surface area contributed by atoms with Crippen LogP contribution in [0.1, 0.15) is 35.6 Å². The summed E-state index contributed by atoms with van der Waals surface area (Å²) in [7, 11) is 0. The van der Waals surface area contributed by atoms with Gasteiger partial charge in [0.1, 0.15) is 0 Å². The molecule has 1 N–H and O–H groups in total. The van der Waals surface area contributed by atoms with Crippen LogP contribution >= 0.6 is 11.3 Å². The average Bonchev–Trinajstić information content (AvgIpc) is 3.21. The maximum absolute atomic E-state index is 12.4. The van der Waals surface area contributed by atoms with Gasteiger partial charge in [0.15, 0.2) is 0 Å². The lowest BCUT2D eigenvalue weighted by Crippen LogP contribution is -2.49. The van der Waals surface area contributed by atoms with E-state index >= 15 is 0 Å². The van der Waals surface area contributed by atoms with E-state index in [0.29, 0.717) is 12.5 Å². The Bertz CT molecular complexity index is 740. The second kappa shape index (κ2) is 8.95. The van der Waals surface area contributed by atoms with Gasteiger partial charge in [-0.1, -0.05) is 24.3 Å². The van der Waals surface area contributed by atoms with Gasteiger partial charge in [0.2, 0.25) is 5.91 Å². The van der Waals surface area contributed by atoms with Crippen molar-refractivity contribution in [3.05, 3.63) is 52.0 Å². The molecule has 0 spiro atoms. The van der Waals surface area contributed by atoms with Gasteiger partial charge in [-0.05, 0) is 30.4 Å². The first kappa shape index (κ1) is 18.6. The monoisotopic (exact) mass is 384 g/mol. The van der Waals surface area contributed by atoms with Crippen molar-refractivity contribution in [3.8, 4) is 0 Å². The van der Waals surface area contributed by atoms with Gasteiger partial charge in [-0.15, -0.1) is 11.3 Å². The molecule has 1 amide bonds. The number of aryl methyl sites for hydroxylation is 1. The maximum Gasteiger partial charge on any atom is 0.234 e. The Kier molecular flexibility index (Phi) is 6.17. The van der Waals surface area contributed by atoms with Crippen LogP contribution in [0.5, 0.6) is 0 Å². The van der Waals surface area contributed by atoms with Crippen LogP contribution in [0, 0.1) is 0 Å². The van der Waals surface area contributed by atoms with Crippen molar-refractivity contribution in [2.45, 2.75) is 31.7 Å². The van der Waals surface area contributed by atoms with Gasteiger partial charge in [0.05, 0.1) is 17.7 Å². The van der Waals surface area contributed by atoms with Crippen molar-refractivity contribution in [1.29, 1.82) is 0 Å². The van der Waals surface area contributed by atoms with E-state index in [1.165, 1.54) is 30.4 Å². The zero-order chi connectivity index (χ0) is 18.5. The molecule has 1 aliphatic heterocycles. The Balaban J connectivity index is 1.19. The molecule has 0 unspecified atom stereocenters. The average molecular weight is 385 g/mol. The lowest BCUT2D eigenvalue weighted by Gasteiger charge is -2.34. The Morgan fingerprint density at radius 3 is 2.81 bits per heavy atom. The van der Waals surface area contributed by atoms with Crippen LogP contribution in [0.3, 0.4) is 0 Å². The van der Waals surface area contributed by atoms with Crippen LogP contribution in [0.15, 0.2) is 35.2 Å². The number of thiazole rings is 1. The quantitative estimate of drug-likeness (QED) is 0.831. The van der Waals surface area contributed by atoms with Crippen LogP contribution in [0.2, 0.25) is 0 Å². The predicted molar refractivity (Wildman–Crippen MR) is 109 cm³/mol. The molecule has 1 aromatic carbocycles. The SMILES string of the molecule is O=C(CN1CCN(Cc2cscn2)CC1)NC[C@H]1CCCc2ccccc21. The summed E-state index contributed by atoms with van der Waals surface area (Å²) in [6, 6.07) is 8.69. The number of hydrogen-bond acceptors (Lipinski definition) is 5. The summed E-state index contributed by atoms with van der Waals surface area (Å²) < 4.78 is 0. The van der Waals surface area contributed by atoms with Crippen molar-refractivity contribution in [2.75, 3.05) is 39.3 Å². The molecule has 144 valence electrons. The van der Waals surface area contributed by atoms with Crippen LogP contribution < -0.4 is 5.32 Å². The fourth-order valence-electron chi connectivity index (χ4n) is 4.21. The van der Waals surface area contributed by atoms with Crippen molar-refractivity contribution in [2.24, 2.45) is 0 Å². The van der Waals surface area contributed by atoms with Crippen molar-refractivity contribution in [3.63, 3.8) is 0 Å². The minimum atomic E-state index is 0.158. The van der Waals surface area contributed by atoms with E-state index in [1.807, 2.05) is 5.51 Å². The number of rotatable bonds is 6. The highest BCUT2D eigenvalue weighted by Crippen LogP contribution is 2.30. The van der Waals surface area contributed by atoms with E-state index in [1.54, 1.807) is 11.3 Å². The molecule has 0 bridgehead atoms. The molecule has 5 nitrogen and oxygen atoms in total. The minimum absolute atomic E-state index is 0.158. The number of benzene rings is 1. The van der Waals surface area contributed by atoms with Crippen molar-refractivity contribution >= 4 is 17.2 Å². The Morgan fingerprint density at radius 2 is 2.00 bits per heavy atom. The molecule has 1 atom stereocenters. The Morgan fingerprint density at radius 1 is 1.19 bits per heavy atom. The van der Waals surface area contributed by atoms with Crippen LogP contribution in [0.25, 0.3) is 0 Å². The molecule has 2 aliphatic rings. The van der Waals surface area contributed by atoms with E-state index < -0.39 is 0 Å². The first-order valence-electron chi connectivity index (χ1n) is 9.94. The number of hydrogen-bond donors (Lipinski definition) is 1. The molecule has 2 heterocycles. The summed E-state index contributed by atoms with van der Waals surface area (Å²) in [6.07, 6.45) is 3.57. The Hall–Kier alpha value is -1.76. The topological polar surface area (TPSA) is 48.5 Å². The largest absolute Gasteiger partial charge is 0.354 e. The number of nitrogens with one attached hydrogen (secondary N) is 1. The number of amides is 1. The summed E-state index contributed by atoms with van der Waals surface area (Å²) in [5, 5.41) is 5.30. The van der Waals surface area contributed by atoms with E-state index in [2.05, 4.69) is 49.7 Å². The molecule has 1 aromatic heterocycles. The lowest BCUT2D eigenvalue weighted by atomic mass is 9.83. The first-order chi connectivity index (χ1) is 13.3.